The molecule has 0 aromatic carbocycles. The van der Waals surface area contributed by atoms with E-state index in [2.05, 4.69) is 13.8 Å². The van der Waals surface area contributed by atoms with Crippen molar-refractivity contribution in [2.24, 2.45) is 5.92 Å². The molecular formula is C16H33NO2. The number of hydrogen-bond acceptors (Lipinski definition) is 2. The highest BCUT2D eigenvalue weighted by Gasteiger charge is 2.09. The quantitative estimate of drug-likeness (QED) is 0.503. The van der Waals surface area contributed by atoms with Crippen LogP contribution in [0.15, 0.2) is 0 Å². The van der Waals surface area contributed by atoms with Gasteiger partial charge in [-0.2, -0.15) is 0 Å². The molecule has 0 heterocycles. The lowest BCUT2D eigenvalue weighted by atomic mass is 9.92. The van der Waals surface area contributed by atoms with Crippen molar-refractivity contribution in [2.45, 2.75) is 71.6 Å². The van der Waals surface area contributed by atoms with Crippen molar-refractivity contribution in [1.29, 1.82) is 0 Å². The topological polar surface area (TPSA) is 29.5 Å². The molecule has 0 spiro atoms. The molecule has 0 fully saturated rings. The first-order valence-corrected chi connectivity index (χ1v) is 7.95. The van der Waals surface area contributed by atoms with Crippen LogP contribution in [-0.4, -0.2) is 31.7 Å². The van der Waals surface area contributed by atoms with Gasteiger partial charge in [-0.05, 0) is 18.8 Å². The van der Waals surface area contributed by atoms with E-state index in [0.717, 1.165) is 12.3 Å². The van der Waals surface area contributed by atoms with Gasteiger partial charge in [0, 0.05) is 14.1 Å². The van der Waals surface area contributed by atoms with Gasteiger partial charge in [-0.3, -0.25) is 0 Å². The second kappa shape index (κ2) is 12.3. The molecule has 114 valence electrons. The van der Waals surface area contributed by atoms with Gasteiger partial charge in [-0.1, -0.05) is 58.8 Å². The molecule has 0 saturated heterocycles. The average Bonchev–Trinajstić information content (AvgIpc) is 2.38. The van der Waals surface area contributed by atoms with Crippen molar-refractivity contribution < 1.29 is 9.53 Å². The van der Waals surface area contributed by atoms with Crippen molar-refractivity contribution in [2.75, 3.05) is 20.7 Å². The first kappa shape index (κ1) is 18.3. The molecule has 1 atom stereocenters. The maximum atomic E-state index is 11.3. The van der Waals surface area contributed by atoms with Crippen LogP contribution < -0.4 is 0 Å². The molecule has 0 aliphatic rings. The Morgan fingerprint density at radius 1 is 0.947 bits per heavy atom. The summed E-state index contributed by atoms with van der Waals surface area (Å²) in [5, 5.41) is 0. The Morgan fingerprint density at radius 3 is 2.21 bits per heavy atom. The number of ether oxygens (including phenoxy) is 1. The van der Waals surface area contributed by atoms with E-state index in [1.54, 1.807) is 14.1 Å². The van der Waals surface area contributed by atoms with E-state index in [-0.39, 0.29) is 6.09 Å². The zero-order chi connectivity index (χ0) is 14.5. The van der Waals surface area contributed by atoms with E-state index < -0.39 is 0 Å². The third kappa shape index (κ3) is 10.8. The van der Waals surface area contributed by atoms with E-state index >= 15 is 0 Å². The van der Waals surface area contributed by atoms with E-state index in [1.807, 2.05) is 0 Å². The monoisotopic (exact) mass is 271 g/mol. The molecule has 19 heavy (non-hydrogen) atoms. The van der Waals surface area contributed by atoms with Crippen molar-refractivity contribution >= 4 is 6.09 Å². The van der Waals surface area contributed by atoms with Gasteiger partial charge < -0.3 is 9.64 Å². The van der Waals surface area contributed by atoms with Crippen LogP contribution in [0.5, 0.6) is 0 Å². The van der Waals surface area contributed by atoms with Crippen molar-refractivity contribution in [3.63, 3.8) is 0 Å². The number of carbonyl (C=O) groups excluding carboxylic acids is 1. The van der Waals surface area contributed by atoms with Gasteiger partial charge in [0.25, 0.3) is 0 Å². The molecule has 0 N–H and O–H groups in total. The summed E-state index contributed by atoms with van der Waals surface area (Å²) in [7, 11) is 3.44. The Balaban J connectivity index is 3.66. The Bertz CT molecular complexity index is 217. The van der Waals surface area contributed by atoms with Gasteiger partial charge >= 0.3 is 6.09 Å². The second-order valence-corrected chi connectivity index (χ2v) is 5.66. The third-order valence-electron chi connectivity index (χ3n) is 3.51. The molecule has 0 saturated carbocycles. The van der Waals surface area contributed by atoms with E-state index in [9.17, 15) is 4.79 Å². The van der Waals surface area contributed by atoms with Crippen LogP contribution in [-0.2, 0) is 4.74 Å². The Labute approximate surface area is 119 Å². The summed E-state index contributed by atoms with van der Waals surface area (Å²) < 4.78 is 5.16. The number of carbonyl (C=O) groups is 1. The van der Waals surface area contributed by atoms with Gasteiger partial charge in [0.2, 0.25) is 0 Å². The predicted molar refractivity (Wildman–Crippen MR) is 81.4 cm³/mol. The third-order valence-corrected chi connectivity index (χ3v) is 3.51. The smallest absolute Gasteiger partial charge is 0.409 e. The largest absolute Gasteiger partial charge is 0.449 e. The van der Waals surface area contributed by atoms with Crippen LogP contribution >= 0.6 is 0 Å². The van der Waals surface area contributed by atoms with Gasteiger partial charge in [0.05, 0.1) is 6.61 Å². The highest BCUT2D eigenvalue weighted by atomic mass is 16.6. The average molecular weight is 271 g/mol. The van der Waals surface area contributed by atoms with Gasteiger partial charge in [-0.25, -0.2) is 4.79 Å². The molecule has 0 aliphatic heterocycles. The molecule has 3 heteroatoms. The van der Waals surface area contributed by atoms with Gasteiger partial charge in [-0.15, -0.1) is 0 Å². The van der Waals surface area contributed by atoms with Crippen LogP contribution in [0.3, 0.4) is 0 Å². The minimum atomic E-state index is -0.227. The molecule has 1 unspecified atom stereocenters. The molecule has 0 aromatic rings. The molecule has 0 aromatic heterocycles. The number of rotatable bonds is 11. The lowest BCUT2D eigenvalue weighted by Gasteiger charge is -2.16. The number of nitrogens with zero attached hydrogens (tertiary/aromatic N) is 1. The molecule has 0 rings (SSSR count). The van der Waals surface area contributed by atoms with E-state index in [0.29, 0.717) is 6.61 Å². The summed E-state index contributed by atoms with van der Waals surface area (Å²) in [6.07, 6.45) is 11.3. The lowest BCUT2D eigenvalue weighted by Crippen LogP contribution is -2.23. The number of unbranched alkanes of at least 4 members (excludes halogenated alkanes) is 3. The standard InChI is InChI=1S/C16H33NO2/c1-5-7-8-9-12-15(11-6-2)13-10-14-19-16(18)17(3)4/h15H,5-14H2,1-4H3. The molecule has 3 nitrogen and oxygen atoms in total. The normalized spacial score (nSPS) is 12.2. The minimum Gasteiger partial charge on any atom is -0.449 e. The summed E-state index contributed by atoms with van der Waals surface area (Å²) in [6, 6.07) is 0. The Hall–Kier alpha value is -0.730. The van der Waals surface area contributed by atoms with E-state index in [4.69, 9.17) is 4.74 Å². The molecule has 1 amide bonds. The summed E-state index contributed by atoms with van der Waals surface area (Å²) >= 11 is 0. The lowest BCUT2D eigenvalue weighted by molar-refractivity contribution is 0.114. The Kier molecular flexibility index (Phi) is 11.8. The van der Waals surface area contributed by atoms with Crippen molar-refractivity contribution in [1.82, 2.24) is 4.90 Å². The maximum Gasteiger partial charge on any atom is 0.409 e. The summed E-state index contributed by atoms with van der Waals surface area (Å²) in [5.74, 6) is 0.819. The second-order valence-electron chi connectivity index (χ2n) is 5.66. The van der Waals surface area contributed by atoms with Crippen molar-refractivity contribution in [3.8, 4) is 0 Å². The van der Waals surface area contributed by atoms with Crippen LogP contribution in [0.2, 0.25) is 0 Å². The van der Waals surface area contributed by atoms with Gasteiger partial charge in [0.15, 0.2) is 0 Å². The van der Waals surface area contributed by atoms with E-state index in [1.165, 1.54) is 56.3 Å². The van der Waals surface area contributed by atoms with Crippen molar-refractivity contribution in [3.05, 3.63) is 0 Å². The minimum absolute atomic E-state index is 0.227. The predicted octanol–water partition coefficient (Wildman–Crippen LogP) is 4.85. The molecular weight excluding hydrogens is 238 g/mol. The fourth-order valence-corrected chi connectivity index (χ4v) is 2.36. The highest BCUT2D eigenvalue weighted by Crippen LogP contribution is 2.21. The maximum absolute atomic E-state index is 11.3. The summed E-state index contributed by atoms with van der Waals surface area (Å²) in [4.78, 5) is 12.7. The summed E-state index contributed by atoms with van der Waals surface area (Å²) in [5.41, 5.74) is 0. The fourth-order valence-electron chi connectivity index (χ4n) is 2.36. The van der Waals surface area contributed by atoms with Gasteiger partial charge in [0.1, 0.15) is 0 Å². The Morgan fingerprint density at radius 2 is 1.63 bits per heavy atom. The van der Waals surface area contributed by atoms with Crippen LogP contribution in [0.4, 0.5) is 4.79 Å². The number of hydrogen-bond donors (Lipinski definition) is 0. The first-order chi connectivity index (χ1) is 9.11. The summed E-state index contributed by atoms with van der Waals surface area (Å²) in [6.45, 7) is 5.07. The fraction of sp³-hybridized carbons (Fsp3) is 0.938. The molecule has 0 aliphatic carbocycles. The highest BCUT2D eigenvalue weighted by molar-refractivity contribution is 5.66. The SMILES string of the molecule is CCCCCCC(CCC)CCCOC(=O)N(C)C. The number of amides is 1. The molecule has 0 radical (unpaired) electrons. The van der Waals surface area contributed by atoms with Crippen LogP contribution in [0.1, 0.15) is 71.6 Å². The zero-order valence-electron chi connectivity index (χ0n) is 13.4. The van der Waals surface area contributed by atoms with Crippen LogP contribution in [0.25, 0.3) is 0 Å². The van der Waals surface area contributed by atoms with Crippen LogP contribution in [0, 0.1) is 5.92 Å². The molecule has 0 bridgehead atoms. The first-order valence-electron chi connectivity index (χ1n) is 7.95. The zero-order valence-corrected chi connectivity index (χ0v) is 13.4.